The molecule has 4 rings (SSSR count). The van der Waals surface area contributed by atoms with Crippen molar-refractivity contribution in [3.63, 3.8) is 0 Å². The van der Waals surface area contributed by atoms with Crippen molar-refractivity contribution in [2.75, 3.05) is 26.2 Å². The Hall–Kier alpha value is -2.37. The van der Waals surface area contributed by atoms with Crippen molar-refractivity contribution in [2.24, 2.45) is 0 Å². The predicted molar refractivity (Wildman–Crippen MR) is 121 cm³/mol. The number of piperidine rings is 2. The molecule has 0 unspecified atom stereocenters. The third kappa shape index (κ3) is 6.31. The lowest BCUT2D eigenvalue weighted by Gasteiger charge is -2.34. The molecule has 0 atom stereocenters. The van der Waals surface area contributed by atoms with E-state index in [1.54, 1.807) is 0 Å². The fourth-order valence-corrected chi connectivity index (χ4v) is 4.57. The van der Waals surface area contributed by atoms with E-state index in [9.17, 15) is 4.79 Å². The topological polar surface area (TPSA) is 47.6 Å². The summed E-state index contributed by atoms with van der Waals surface area (Å²) in [5.41, 5.74) is 2.72. The van der Waals surface area contributed by atoms with E-state index in [0.29, 0.717) is 0 Å². The van der Waals surface area contributed by atoms with Crippen LogP contribution in [0.1, 0.15) is 36.8 Å². The van der Waals surface area contributed by atoms with Gasteiger partial charge in [-0.3, -0.25) is 9.80 Å². The van der Waals surface area contributed by atoms with Crippen LogP contribution in [0.4, 0.5) is 4.79 Å². The maximum atomic E-state index is 12.5. The van der Waals surface area contributed by atoms with Crippen molar-refractivity contribution in [1.29, 1.82) is 0 Å². The molecular weight excluding hydrogens is 372 g/mol. The summed E-state index contributed by atoms with van der Waals surface area (Å²) in [4.78, 5) is 17.4. The van der Waals surface area contributed by atoms with Crippen molar-refractivity contribution in [1.82, 2.24) is 20.4 Å². The molecule has 0 saturated carbocycles. The van der Waals surface area contributed by atoms with E-state index >= 15 is 0 Å². The van der Waals surface area contributed by atoms with Gasteiger partial charge in [-0.25, -0.2) is 4.79 Å². The van der Waals surface area contributed by atoms with Crippen molar-refractivity contribution >= 4 is 6.03 Å². The lowest BCUT2D eigenvalue weighted by Crippen LogP contribution is -2.52. The summed E-state index contributed by atoms with van der Waals surface area (Å²) >= 11 is 0. The second-order valence-electron chi connectivity index (χ2n) is 8.69. The van der Waals surface area contributed by atoms with Gasteiger partial charge in [0.25, 0.3) is 0 Å². The van der Waals surface area contributed by atoms with Gasteiger partial charge >= 0.3 is 6.03 Å². The Kier molecular flexibility index (Phi) is 7.38. The number of amides is 2. The van der Waals surface area contributed by atoms with Gasteiger partial charge in [-0.15, -0.1) is 0 Å². The summed E-state index contributed by atoms with van der Waals surface area (Å²) < 4.78 is 0. The molecule has 2 aromatic carbocycles. The van der Waals surface area contributed by atoms with Gasteiger partial charge in [0.15, 0.2) is 0 Å². The van der Waals surface area contributed by atoms with Crippen LogP contribution in [-0.2, 0) is 13.1 Å². The molecule has 30 heavy (non-hydrogen) atoms. The van der Waals surface area contributed by atoms with Gasteiger partial charge in [0.05, 0.1) is 0 Å². The van der Waals surface area contributed by atoms with Crippen LogP contribution in [0.3, 0.4) is 0 Å². The number of nitrogens with one attached hydrogen (secondary N) is 2. The maximum absolute atomic E-state index is 12.5. The minimum Gasteiger partial charge on any atom is -0.335 e. The number of rotatable bonds is 6. The highest BCUT2D eigenvalue weighted by atomic mass is 16.2. The molecular formula is C25H34N4O. The zero-order chi connectivity index (χ0) is 20.6. The summed E-state index contributed by atoms with van der Waals surface area (Å²) in [5, 5.41) is 6.42. The first-order valence-corrected chi connectivity index (χ1v) is 11.3. The molecule has 0 aliphatic carbocycles. The molecule has 2 amide bonds. The average Bonchev–Trinajstić information content (AvgIpc) is 2.78. The van der Waals surface area contributed by atoms with Crippen molar-refractivity contribution < 1.29 is 4.79 Å². The van der Waals surface area contributed by atoms with Crippen LogP contribution < -0.4 is 10.6 Å². The van der Waals surface area contributed by atoms with Crippen molar-refractivity contribution in [3.8, 4) is 0 Å². The molecule has 2 heterocycles. The lowest BCUT2D eigenvalue weighted by atomic mass is 10.0. The molecule has 2 aliphatic heterocycles. The highest BCUT2D eigenvalue weighted by Gasteiger charge is 2.24. The quantitative estimate of drug-likeness (QED) is 0.770. The number of nitrogens with zero attached hydrogens (tertiary/aromatic N) is 2. The smallest absolute Gasteiger partial charge is 0.315 e. The molecule has 2 aliphatic rings. The molecule has 0 bridgehead atoms. The minimum atomic E-state index is 0.0121. The molecule has 5 nitrogen and oxygen atoms in total. The van der Waals surface area contributed by atoms with Crippen LogP contribution >= 0.6 is 0 Å². The number of carbonyl (C=O) groups is 1. The molecule has 2 N–H and O–H groups in total. The number of likely N-dealkylation sites (tertiary alicyclic amines) is 2. The molecule has 0 spiro atoms. The first-order valence-electron chi connectivity index (χ1n) is 11.3. The van der Waals surface area contributed by atoms with E-state index in [-0.39, 0.29) is 18.1 Å². The summed E-state index contributed by atoms with van der Waals surface area (Å²) in [6, 6.07) is 21.8. The Morgan fingerprint density at radius 1 is 0.667 bits per heavy atom. The maximum Gasteiger partial charge on any atom is 0.315 e. The Labute approximate surface area is 180 Å². The van der Waals surface area contributed by atoms with E-state index in [1.165, 1.54) is 11.1 Å². The summed E-state index contributed by atoms with van der Waals surface area (Å²) in [6.07, 6.45) is 4.09. The van der Waals surface area contributed by atoms with Gasteiger partial charge < -0.3 is 10.6 Å². The number of carbonyl (C=O) groups excluding carboxylic acids is 1. The van der Waals surface area contributed by atoms with Gasteiger partial charge in [-0.05, 0) is 36.8 Å². The highest BCUT2D eigenvalue weighted by molar-refractivity contribution is 5.74. The van der Waals surface area contributed by atoms with E-state index in [4.69, 9.17) is 0 Å². The fourth-order valence-electron chi connectivity index (χ4n) is 4.57. The number of benzene rings is 2. The van der Waals surface area contributed by atoms with Crippen LogP contribution in [0.25, 0.3) is 0 Å². The van der Waals surface area contributed by atoms with Gasteiger partial charge in [0.2, 0.25) is 0 Å². The molecule has 2 aromatic rings. The molecule has 0 aromatic heterocycles. The lowest BCUT2D eigenvalue weighted by molar-refractivity contribution is 0.174. The first-order chi connectivity index (χ1) is 14.7. The van der Waals surface area contributed by atoms with E-state index in [2.05, 4.69) is 81.1 Å². The summed E-state index contributed by atoms with van der Waals surface area (Å²) in [5.74, 6) is 0. The van der Waals surface area contributed by atoms with E-state index in [0.717, 1.165) is 65.0 Å². The molecule has 2 fully saturated rings. The van der Waals surface area contributed by atoms with Crippen LogP contribution in [0, 0.1) is 0 Å². The Bertz CT molecular complexity index is 701. The van der Waals surface area contributed by atoms with Crippen molar-refractivity contribution in [2.45, 2.75) is 50.9 Å². The standard InChI is InChI=1S/C25H34N4O/c30-25(26-23-11-15-28(16-12-23)19-21-7-3-1-4-8-21)27-24-13-17-29(18-14-24)20-22-9-5-2-6-10-22/h1-10,23-24H,11-20H2,(H2,26,27,30). The third-order valence-corrected chi connectivity index (χ3v) is 6.34. The van der Waals surface area contributed by atoms with E-state index < -0.39 is 0 Å². The van der Waals surface area contributed by atoms with Crippen LogP contribution in [0.5, 0.6) is 0 Å². The zero-order valence-corrected chi connectivity index (χ0v) is 17.8. The summed E-state index contributed by atoms with van der Waals surface area (Å²) in [6.45, 7) is 6.16. The molecule has 0 radical (unpaired) electrons. The molecule has 160 valence electrons. The fraction of sp³-hybridized carbons (Fsp3) is 0.480. The normalized spacial score (nSPS) is 19.5. The number of urea groups is 1. The SMILES string of the molecule is O=C(NC1CCN(Cc2ccccc2)CC1)NC1CCN(Cc2ccccc2)CC1. The van der Waals surface area contributed by atoms with Crippen LogP contribution in [0.2, 0.25) is 0 Å². The third-order valence-electron chi connectivity index (χ3n) is 6.34. The van der Waals surface area contributed by atoms with Gasteiger partial charge in [-0.1, -0.05) is 60.7 Å². The van der Waals surface area contributed by atoms with Gasteiger partial charge in [0, 0.05) is 51.4 Å². The predicted octanol–water partition coefficient (Wildman–Crippen LogP) is 3.61. The minimum absolute atomic E-state index is 0.0121. The zero-order valence-electron chi connectivity index (χ0n) is 17.8. The van der Waals surface area contributed by atoms with Crippen molar-refractivity contribution in [3.05, 3.63) is 71.8 Å². The average molecular weight is 407 g/mol. The second-order valence-corrected chi connectivity index (χ2v) is 8.69. The van der Waals surface area contributed by atoms with Crippen LogP contribution in [0.15, 0.2) is 60.7 Å². The number of hydrogen-bond donors (Lipinski definition) is 2. The number of hydrogen-bond acceptors (Lipinski definition) is 3. The molecule has 2 saturated heterocycles. The van der Waals surface area contributed by atoms with Crippen LogP contribution in [-0.4, -0.2) is 54.1 Å². The largest absolute Gasteiger partial charge is 0.335 e. The first kappa shape index (κ1) is 20.9. The Morgan fingerprint density at radius 3 is 1.40 bits per heavy atom. The van der Waals surface area contributed by atoms with E-state index in [1.807, 2.05) is 0 Å². The molecule has 5 heteroatoms. The second kappa shape index (κ2) is 10.6. The highest BCUT2D eigenvalue weighted by Crippen LogP contribution is 2.15. The summed E-state index contributed by atoms with van der Waals surface area (Å²) in [7, 11) is 0. The Morgan fingerprint density at radius 2 is 1.03 bits per heavy atom. The monoisotopic (exact) mass is 406 g/mol. The Balaban J connectivity index is 1.12. The van der Waals surface area contributed by atoms with Gasteiger partial charge in [-0.2, -0.15) is 0 Å². The van der Waals surface area contributed by atoms with Gasteiger partial charge in [0.1, 0.15) is 0 Å².